The standard InChI is InChI=1S/C22H19F2N3O4S/c1-13-11-17(14(2)27(13)26-19(29)15-7-4-3-5-8-15)18(28)12-31-21(30)16-9-6-10-25-20(16)32-22(23)24/h3-11,22H,12H2,1-2H3,(H,26,29). The summed E-state index contributed by atoms with van der Waals surface area (Å²) in [7, 11) is 0. The summed E-state index contributed by atoms with van der Waals surface area (Å²) in [5.74, 6) is -4.53. The lowest BCUT2D eigenvalue weighted by atomic mass is 10.1. The Morgan fingerprint density at radius 3 is 2.50 bits per heavy atom. The summed E-state index contributed by atoms with van der Waals surface area (Å²) >= 11 is 0.122. The van der Waals surface area contributed by atoms with Gasteiger partial charge < -0.3 is 4.74 Å². The molecule has 32 heavy (non-hydrogen) atoms. The summed E-state index contributed by atoms with van der Waals surface area (Å²) < 4.78 is 31.8. The van der Waals surface area contributed by atoms with Crippen LogP contribution < -0.4 is 5.43 Å². The zero-order valence-corrected chi connectivity index (χ0v) is 18.0. The van der Waals surface area contributed by atoms with Crippen molar-refractivity contribution in [3.63, 3.8) is 0 Å². The largest absolute Gasteiger partial charge is 0.454 e. The number of alkyl halides is 2. The molecule has 0 unspecified atom stereocenters. The summed E-state index contributed by atoms with van der Waals surface area (Å²) in [6, 6.07) is 12.9. The molecule has 0 fully saturated rings. The Balaban J connectivity index is 1.69. The van der Waals surface area contributed by atoms with E-state index in [2.05, 4.69) is 10.4 Å². The quantitative estimate of drug-likeness (QED) is 0.308. The number of aromatic nitrogens is 2. The molecule has 0 saturated carbocycles. The number of nitrogens with zero attached hydrogens (tertiary/aromatic N) is 2. The Morgan fingerprint density at radius 2 is 1.81 bits per heavy atom. The van der Waals surface area contributed by atoms with Crippen molar-refractivity contribution in [1.82, 2.24) is 9.66 Å². The number of hydrogen-bond donors (Lipinski definition) is 1. The van der Waals surface area contributed by atoms with Crippen LogP contribution in [-0.4, -0.2) is 39.7 Å². The summed E-state index contributed by atoms with van der Waals surface area (Å²) in [5, 5.41) is -0.179. The number of carbonyl (C=O) groups excluding carboxylic acids is 3. The molecule has 0 aliphatic rings. The lowest BCUT2D eigenvalue weighted by Gasteiger charge is -2.12. The number of carbonyl (C=O) groups is 3. The van der Waals surface area contributed by atoms with Crippen molar-refractivity contribution in [2.24, 2.45) is 0 Å². The Kier molecular flexibility index (Phi) is 7.37. The third-order valence-corrected chi connectivity index (χ3v) is 5.23. The molecule has 0 spiro atoms. The van der Waals surface area contributed by atoms with Crippen LogP contribution in [0.5, 0.6) is 0 Å². The molecule has 0 aliphatic carbocycles. The molecule has 1 amide bonds. The van der Waals surface area contributed by atoms with Crippen molar-refractivity contribution in [3.8, 4) is 0 Å². The first-order valence-electron chi connectivity index (χ1n) is 9.43. The van der Waals surface area contributed by atoms with Gasteiger partial charge in [0.1, 0.15) is 5.03 Å². The fourth-order valence-corrected chi connectivity index (χ4v) is 3.55. The number of nitrogens with one attached hydrogen (secondary N) is 1. The van der Waals surface area contributed by atoms with E-state index in [1.165, 1.54) is 23.0 Å². The monoisotopic (exact) mass is 459 g/mol. The average Bonchev–Trinajstić information content (AvgIpc) is 3.06. The van der Waals surface area contributed by atoms with Crippen LogP contribution in [0.15, 0.2) is 59.8 Å². The molecule has 0 atom stereocenters. The molecule has 0 radical (unpaired) electrons. The maximum Gasteiger partial charge on any atom is 0.341 e. The van der Waals surface area contributed by atoms with E-state index in [1.807, 2.05) is 0 Å². The smallest absolute Gasteiger partial charge is 0.341 e. The lowest BCUT2D eigenvalue weighted by Crippen LogP contribution is -2.25. The lowest BCUT2D eigenvalue weighted by molar-refractivity contribution is 0.0470. The zero-order chi connectivity index (χ0) is 23.3. The zero-order valence-electron chi connectivity index (χ0n) is 17.2. The third kappa shape index (κ3) is 5.38. The maximum atomic E-state index is 12.7. The topological polar surface area (TPSA) is 90.3 Å². The van der Waals surface area contributed by atoms with Gasteiger partial charge in [0.2, 0.25) is 5.78 Å². The molecule has 1 N–H and O–H groups in total. The number of Topliss-reactive ketones (excluding diaryl/α,β-unsaturated/α-hetero) is 1. The van der Waals surface area contributed by atoms with Crippen LogP contribution in [0.2, 0.25) is 0 Å². The van der Waals surface area contributed by atoms with E-state index in [0.29, 0.717) is 17.0 Å². The van der Waals surface area contributed by atoms with Crippen LogP contribution in [0, 0.1) is 13.8 Å². The molecule has 3 aromatic rings. The van der Waals surface area contributed by atoms with Gasteiger partial charge in [-0.2, -0.15) is 8.78 Å². The second-order valence-electron chi connectivity index (χ2n) is 6.66. The van der Waals surface area contributed by atoms with Gasteiger partial charge in [-0.15, -0.1) is 0 Å². The van der Waals surface area contributed by atoms with E-state index < -0.39 is 24.1 Å². The minimum absolute atomic E-state index is 0.122. The predicted molar refractivity (Wildman–Crippen MR) is 115 cm³/mol. The van der Waals surface area contributed by atoms with Crippen LogP contribution in [0.1, 0.15) is 42.5 Å². The molecule has 1 aromatic carbocycles. The van der Waals surface area contributed by atoms with E-state index in [0.717, 1.165) is 0 Å². The van der Waals surface area contributed by atoms with Crippen LogP contribution in [0.4, 0.5) is 8.78 Å². The molecular weight excluding hydrogens is 440 g/mol. The van der Waals surface area contributed by atoms with E-state index in [1.54, 1.807) is 50.2 Å². The number of pyridine rings is 1. The number of thioether (sulfide) groups is 1. The number of halogens is 2. The van der Waals surface area contributed by atoms with E-state index in [4.69, 9.17) is 4.74 Å². The van der Waals surface area contributed by atoms with E-state index in [9.17, 15) is 23.2 Å². The Hall–Kier alpha value is -3.53. The minimum atomic E-state index is -2.76. The van der Waals surface area contributed by atoms with Gasteiger partial charge in [-0.05, 0) is 55.9 Å². The normalized spacial score (nSPS) is 10.8. The maximum absolute atomic E-state index is 12.7. The highest BCUT2D eigenvalue weighted by atomic mass is 32.2. The van der Waals surface area contributed by atoms with E-state index >= 15 is 0 Å². The average molecular weight is 459 g/mol. The van der Waals surface area contributed by atoms with Crippen LogP contribution >= 0.6 is 11.8 Å². The number of ether oxygens (including phenoxy) is 1. The fraction of sp³-hybridized carbons (Fsp3) is 0.182. The van der Waals surface area contributed by atoms with Gasteiger partial charge in [-0.25, -0.2) is 9.78 Å². The van der Waals surface area contributed by atoms with Crippen molar-refractivity contribution >= 4 is 29.4 Å². The highest BCUT2D eigenvalue weighted by molar-refractivity contribution is 7.99. The van der Waals surface area contributed by atoms with Gasteiger partial charge in [0, 0.05) is 28.7 Å². The molecule has 0 saturated heterocycles. The molecule has 0 bridgehead atoms. The van der Waals surface area contributed by atoms with Gasteiger partial charge in [-0.3, -0.25) is 19.7 Å². The SMILES string of the molecule is Cc1cc(C(=O)COC(=O)c2cccnc2SC(F)F)c(C)n1NC(=O)c1ccccc1. The van der Waals surface area contributed by atoms with E-state index in [-0.39, 0.29) is 33.8 Å². The van der Waals surface area contributed by atoms with Gasteiger partial charge >= 0.3 is 5.97 Å². The fourth-order valence-electron chi connectivity index (χ4n) is 2.98. The summed E-state index contributed by atoms with van der Waals surface area (Å²) in [5.41, 5.74) is 4.35. The van der Waals surface area contributed by atoms with Crippen molar-refractivity contribution in [2.75, 3.05) is 12.0 Å². The Labute approximate surface area is 186 Å². The minimum Gasteiger partial charge on any atom is -0.454 e. The first kappa shape index (κ1) is 23.1. The Morgan fingerprint density at radius 1 is 1.09 bits per heavy atom. The number of ketones is 1. The molecule has 2 aromatic heterocycles. The number of rotatable bonds is 8. The third-order valence-electron chi connectivity index (χ3n) is 4.51. The number of benzene rings is 1. The number of amides is 1. The van der Waals surface area contributed by atoms with Gasteiger partial charge in [-0.1, -0.05) is 18.2 Å². The summed E-state index contributed by atoms with van der Waals surface area (Å²) in [6.45, 7) is 2.76. The van der Waals surface area contributed by atoms with Gasteiger partial charge in [0.05, 0.1) is 5.56 Å². The van der Waals surface area contributed by atoms with Gasteiger partial charge in [0.25, 0.3) is 11.7 Å². The summed E-state index contributed by atoms with van der Waals surface area (Å²) in [6.07, 6.45) is 1.28. The number of hydrogen-bond acceptors (Lipinski definition) is 6. The van der Waals surface area contributed by atoms with Crippen molar-refractivity contribution in [1.29, 1.82) is 0 Å². The molecular formula is C22H19F2N3O4S. The van der Waals surface area contributed by atoms with Crippen LogP contribution in [-0.2, 0) is 4.74 Å². The molecule has 10 heteroatoms. The number of aryl methyl sites for hydroxylation is 1. The van der Waals surface area contributed by atoms with Crippen LogP contribution in [0.25, 0.3) is 0 Å². The predicted octanol–water partition coefficient (Wildman–Crippen LogP) is 4.24. The van der Waals surface area contributed by atoms with Crippen molar-refractivity contribution in [2.45, 2.75) is 24.6 Å². The first-order valence-corrected chi connectivity index (χ1v) is 10.3. The molecule has 7 nitrogen and oxygen atoms in total. The summed E-state index contributed by atoms with van der Waals surface area (Å²) in [4.78, 5) is 41.1. The highest BCUT2D eigenvalue weighted by Gasteiger charge is 2.21. The second-order valence-corrected chi connectivity index (χ2v) is 7.64. The molecule has 2 heterocycles. The second kappa shape index (κ2) is 10.2. The Bertz CT molecular complexity index is 1150. The van der Waals surface area contributed by atoms with Gasteiger partial charge in [0.15, 0.2) is 6.61 Å². The molecule has 3 rings (SSSR count). The van der Waals surface area contributed by atoms with Crippen molar-refractivity contribution < 1.29 is 27.9 Å². The highest BCUT2D eigenvalue weighted by Crippen LogP contribution is 2.26. The molecule has 0 aliphatic heterocycles. The molecule has 166 valence electrons. The number of esters is 1. The first-order chi connectivity index (χ1) is 15.3. The van der Waals surface area contributed by atoms with Crippen LogP contribution in [0.3, 0.4) is 0 Å². The van der Waals surface area contributed by atoms with Crippen molar-refractivity contribution in [3.05, 3.63) is 82.8 Å².